The van der Waals surface area contributed by atoms with E-state index in [0.29, 0.717) is 4.83 Å². The molecule has 0 bridgehead atoms. The van der Waals surface area contributed by atoms with Crippen LogP contribution in [0.2, 0.25) is 0 Å². The second kappa shape index (κ2) is 5.60. The van der Waals surface area contributed by atoms with E-state index in [2.05, 4.69) is 21.1 Å². The first-order valence-electron chi connectivity index (χ1n) is 4.56. The van der Waals surface area contributed by atoms with Gasteiger partial charge in [0.15, 0.2) is 0 Å². The van der Waals surface area contributed by atoms with Crippen molar-refractivity contribution in [2.75, 3.05) is 13.7 Å². The van der Waals surface area contributed by atoms with Gasteiger partial charge in [0.1, 0.15) is 7.11 Å². The largest absolute Gasteiger partial charge is 0.399 e. The summed E-state index contributed by atoms with van der Waals surface area (Å²) >= 11 is 3.61. The lowest BCUT2D eigenvalue weighted by atomic mass is 10.0. The van der Waals surface area contributed by atoms with Gasteiger partial charge in [-0.05, 0) is 19.8 Å². The number of hydrogen-bond acceptors (Lipinski definition) is 3. The van der Waals surface area contributed by atoms with Gasteiger partial charge in [0.05, 0.1) is 11.8 Å². The Morgan fingerprint density at radius 1 is 1.69 bits per heavy atom. The Kier molecular flexibility index (Phi) is 4.73. The van der Waals surface area contributed by atoms with E-state index in [0.717, 1.165) is 25.2 Å². The Morgan fingerprint density at radius 2 is 2.46 bits per heavy atom. The third-order valence-corrected chi connectivity index (χ3v) is 3.15. The molecule has 0 spiro atoms. The highest BCUT2D eigenvalue weighted by Gasteiger charge is 2.23. The molecule has 0 aromatic heterocycles. The zero-order valence-electron chi connectivity index (χ0n) is 8.12. The predicted octanol–water partition coefficient (Wildman–Crippen LogP) is 2.34. The Labute approximate surface area is 87.6 Å². The maximum atomic E-state index is 5.62. The minimum atomic E-state index is 0.257. The van der Waals surface area contributed by atoms with E-state index in [1.807, 2.05) is 6.92 Å². The van der Waals surface area contributed by atoms with Crippen LogP contribution in [0.15, 0.2) is 5.16 Å². The number of alkyl halides is 1. The molecule has 2 unspecified atom stereocenters. The average Bonchev–Trinajstić information content (AvgIpc) is 2.09. The fraction of sp³-hybridized carbons (Fsp3) is 0.889. The standard InChI is InChI=1S/C9H16BrNO2/c1-7(11-12-2)6-9-8(10)4-3-5-13-9/h8-9H,3-6H2,1-2H3/b11-7+. The van der Waals surface area contributed by atoms with E-state index < -0.39 is 0 Å². The maximum absolute atomic E-state index is 5.62. The molecule has 13 heavy (non-hydrogen) atoms. The van der Waals surface area contributed by atoms with E-state index in [1.165, 1.54) is 6.42 Å². The third kappa shape index (κ3) is 3.65. The summed E-state index contributed by atoms with van der Waals surface area (Å²) in [4.78, 5) is 5.16. The van der Waals surface area contributed by atoms with Gasteiger partial charge in [-0.1, -0.05) is 21.1 Å². The highest BCUT2D eigenvalue weighted by molar-refractivity contribution is 9.09. The SMILES string of the molecule is CO/N=C(\C)CC1OCCCC1Br. The predicted molar refractivity (Wildman–Crippen MR) is 56.4 cm³/mol. The summed E-state index contributed by atoms with van der Waals surface area (Å²) in [6.07, 6.45) is 3.44. The first kappa shape index (κ1) is 11.0. The highest BCUT2D eigenvalue weighted by Crippen LogP contribution is 2.23. The van der Waals surface area contributed by atoms with Gasteiger partial charge in [-0.25, -0.2) is 0 Å². The second-order valence-electron chi connectivity index (χ2n) is 3.28. The topological polar surface area (TPSA) is 30.8 Å². The van der Waals surface area contributed by atoms with E-state index >= 15 is 0 Å². The van der Waals surface area contributed by atoms with Crippen molar-refractivity contribution in [1.82, 2.24) is 0 Å². The molecule has 0 saturated carbocycles. The molecular weight excluding hydrogens is 234 g/mol. The van der Waals surface area contributed by atoms with Gasteiger partial charge >= 0.3 is 0 Å². The van der Waals surface area contributed by atoms with Crippen molar-refractivity contribution in [2.45, 2.75) is 37.1 Å². The van der Waals surface area contributed by atoms with Crippen LogP contribution in [0, 0.1) is 0 Å². The van der Waals surface area contributed by atoms with Gasteiger partial charge in [-0.2, -0.15) is 0 Å². The van der Waals surface area contributed by atoms with Crippen molar-refractivity contribution >= 4 is 21.6 Å². The Hall–Kier alpha value is -0.0900. The van der Waals surface area contributed by atoms with Crippen LogP contribution in [0.25, 0.3) is 0 Å². The van der Waals surface area contributed by atoms with Crippen LogP contribution in [0.5, 0.6) is 0 Å². The first-order chi connectivity index (χ1) is 6.24. The van der Waals surface area contributed by atoms with Gasteiger partial charge < -0.3 is 9.57 Å². The highest BCUT2D eigenvalue weighted by atomic mass is 79.9. The molecule has 1 heterocycles. The molecule has 1 fully saturated rings. The van der Waals surface area contributed by atoms with Gasteiger partial charge in [0, 0.05) is 17.9 Å². The van der Waals surface area contributed by atoms with Gasteiger partial charge in [0.2, 0.25) is 0 Å². The van der Waals surface area contributed by atoms with Crippen LogP contribution in [-0.2, 0) is 9.57 Å². The van der Waals surface area contributed by atoms with Crippen LogP contribution in [0.1, 0.15) is 26.2 Å². The molecule has 0 amide bonds. The van der Waals surface area contributed by atoms with Gasteiger partial charge in [0.25, 0.3) is 0 Å². The molecule has 0 aromatic carbocycles. The molecule has 1 aliphatic rings. The molecule has 2 atom stereocenters. The number of nitrogens with zero attached hydrogens (tertiary/aromatic N) is 1. The summed E-state index contributed by atoms with van der Waals surface area (Å²) in [6, 6.07) is 0. The van der Waals surface area contributed by atoms with Crippen molar-refractivity contribution in [3.8, 4) is 0 Å². The Balaban J connectivity index is 2.37. The van der Waals surface area contributed by atoms with E-state index in [9.17, 15) is 0 Å². The molecule has 0 N–H and O–H groups in total. The summed E-state index contributed by atoms with van der Waals surface area (Å²) in [5.41, 5.74) is 0.985. The van der Waals surface area contributed by atoms with E-state index in [4.69, 9.17) is 9.57 Å². The lowest BCUT2D eigenvalue weighted by molar-refractivity contribution is 0.0271. The normalized spacial score (nSPS) is 30.2. The molecule has 76 valence electrons. The molecule has 1 aliphatic heterocycles. The number of halogens is 1. The van der Waals surface area contributed by atoms with Crippen LogP contribution >= 0.6 is 15.9 Å². The minimum absolute atomic E-state index is 0.257. The Morgan fingerprint density at radius 3 is 3.08 bits per heavy atom. The van der Waals surface area contributed by atoms with Crippen molar-refractivity contribution in [3.05, 3.63) is 0 Å². The summed E-state index contributed by atoms with van der Waals surface area (Å²) < 4.78 is 5.62. The van der Waals surface area contributed by atoms with E-state index in [1.54, 1.807) is 7.11 Å². The lowest BCUT2D eigenvalue weighted by Gasteiger charge is -2.27. The van der Waals surface area contributed by atoms with Crippen LogP contribution in [0.3, 0.4) is 0 Å². The van der Waals surface area contributed by atoms with Crippen LogP contribution in [0.4, 0.5) is 0 Å². The number of ether oxygens (including phenoxy) is 1. The third-order valence-electron chi connectivity index (χ3n) is 2.10. The molecule has 0 aliphatic carbocycles. The zero-order valence-corrected chi connectivity index (χ0v) is 9.71. The van der Waals surface area contributed by atoms with Crippen molar-refractivity contribution < 1.29 is 9.57 Å². The number of hydrogen-bond donors (Lipinski definition) is 0. The summed E-state index contributed by atoms with van der Waals surface area (Å²) in [5, 5.41) is 3.87. The molecular formula is C9H16BrNO2. The lowest BCUT2D eigenvalue weighted by Crippen LogP contribution is -2.31. The molecule has 1 rings (SSSR count). The van der Waals surface area contributed by atoms with Crippen molar-refractivity contribution in [2.24, 2.45) is 5.16 Å². The minimum Gasteiger partial charge on any atom is -0.399 e. The molecule has 4 heteroatoms. The summed E-state index contributed by atoms with van der Waals surface area (Å²) in [5.74, 6) is 0. The van der Waals surface area contributed by atoms with Crippen molar-refractivity contribution in [3.63, 3.8) is 0 Å². The number of rotatable bonds is 3. The molecule has 1 saturated heterocycles. The smallest absolute Gasteiger partial charge is 0.106 e. The fourth-order valence-corrected chi connectivity index (χ4v) is 2.14. The van der Waals surface area contributed by atoms with Gasteiger partial charge in [-0.3, -0.25) is 0 Å². The Bertz CT molecular complexity index is 184. The zero-order chi connectivity index (χ0) is 9.68. The fourth-order valence-electron chi connectivity index (χ4n) is 1.47. The van der Waals surface area contributed by atoms with Crippen LogP contribution < -0.4 is 0 Å². The maximum Gasteiger partial charge on any atom is 0.106 e. The molecule has 0 radical (unpaired) electrons. The molecule has 0 aromatic rings. The average molecular weight is 250 g/mol. The summed E-state index contributed by atoms with van der Waals surface area (Å²) in [6.45, 7) is 2.83. The van der Waals surface area contributed by atoms with Gasteiger partial charge in [-0.15, -0.1) is 0 Å². The van der Waals surface area contributed by atoms with Crippen molar-refractivity contribution in [1.29, 1.82) is 0 Å². The second-order valence-corrected chi connectivity index (χ2v) is 4.46. The van der Waals surface area contributed by atoms with Crippen LogP contribution in [-0.4, -0.2) is 30.4 Å². The summed E-state index contributed by atoms with van der Waals surface area (Å²) in [7, 11) is 1.57. The number of oxime groups is 1. The quantitative estimate of drug-likeness (QED) is 0.437. The monoisotopic (exact) mass is 249 g/mol. The first-order valence-corrected chi connectivity index (χ1v) is 5.48. The molecule has 3 nitrogen and oxygen atoms in total. The van der Waals surface area contributed by atoms with E-state index in [-0.39, 0.29) is 6.10 Å².